The number of para-hydroxylation sites is 1. The molecule has 1 N–H and O–H groups in total. The molecular formula is C24H41IN4O3. The highest BCUT2D eigenvalue weighted by Crippen LogP contribution is 2.14. The molecule has 2 saturated heterocycles. The van der Waals surface area contributed by atoms with Crippen molar-refractivity contribution < 1.29 is 14.2 Å². The number of ether oxygens (including phenoxy) is 3. The number of hydrogen-bond acceptors (Lipinski definition) is 5. The van der Waals surface area contributed by atoms with Gasteiger partial charge in [0.1, 0.15) is 12.4 Å². The highest BCUT2D eigenvalue weighted by atomic mass is 127. The molecule has 0 aliphatic carbocycles. The first-order valence-electron chi connectivity index (χ1n) is 11.9. The van der Waals surface area contributed by atoms with E-state index in [2.05, 4.69) is 22.0 Å². The smallest absolute Gasteiger partial charge is 0.194 e. The molecule has 0 bridgehead atoms. The first kappa shape index (κ1) is 27.1. The zero-order valence-corrected chi connectivity index (χ0v) is 21.9. The van der Waals surface area contributed by atoms with E-state index in [-0.39, 0.29) is 24.0 Å². The van der Waals surface area contributed by atoms with Gasteiger partial charge in [-0.05, 0) is 44.2 Å². The van der Waals surface area contributed by atoms with E-state index in [1.165, 1.54) is 0 Å². The van der Waals surface area contributed by atoms with Crippen molar-refractivity contribution in [3.8, 4) is 5.75 Å². The van der Waals surface area contributed by atoms with Gasteiger partial charge in [-0.1, -0.05) is 18.2 Å². The third-order valence-corrected chi connectivity index (χ3v) is 5.83. The van der Waals surface area contributed by atoms with E-state index in [1.807, 2.05) is 30.3 Å². The lowest BCUT2D eigenvalue weighted by Crippen LogP contribution is -2.53. The average Bonchev–Trinajstić information content (AvgIpc) is 2.82. The summed E-state index contributed by atoms with van der Waals surface area (Å²) in [5.74, 6) is 2.65. The van der Waals surface area contributed by atoms with Gasteiger partial charge in [0, 0.05) is 72.2 Å². The first-order chi connectivity index (χ1) is 15.3. The number of nitrogens with zero attached hydrogens (tertiary/aromatic N) is 3. The van der Waals surface area contributed by atoms with Gasteiger partial charge in [0.15, 0.2) is 5.96 Å². The summed E-state index contributed by atoms with van der Waals surface area (Å²) in [6.07, 6.45) is 3.23. The fourth-order valence-corrected chi connectivity index (χ4v) is 3.93. The molecule has 8 heteroatoms. The topological polar surface area (TPSA) is 58.6 Å². The second-order valence-electron chi connectivity index (χ2n) is 8.21. The van der Waals surface area contributed by atoms with Gasteiger partial charge < -0.3 is 24.4 Å². The molecule has 0 spiro atoms. The Hall–Kier alpha value is -1.10. The third kappa shape index (κ3) is 10.2. The highest BCUT2D eigenvalue weighted by Gasteiger charge is 2.19. The number of aliphatic imine (C=N–C) groups is 1. The van der Waals surface area contributed by atoms with E-state index >= 15 is 0 Å². The molecule has 0 aromatic heterocycles. The van der Waals surface area contributed by atoms with Crippen LogP contribution in [-0.2, 0) is 9.47 Å². The van der Waals surface area contributed by atoms with Gasteiger partial charge in [-0.15, -0.1) is 24.0 Å². The van der Waals surface area contributed by atoms with Crippen LogP contribution in [0.1, 0.15) is 26.2 Å². The molecule has 3 rings (SSSR count). The van der Waals surface area contributed by atoms with E-state index in [0.29, 0.717) is 5.92 Å². The predicted molar refractivity (Wildman–Crippen MR) is 140 cm³/mol. The molecule has 2 aliphatic rings. The Morgan fingerprint density at radius 1 is 1.09 bits per heavy atom. The summed E-state index contributed by atoms with van der Waals surface area (Å²) in [5, 5.41) is 3.45. The molecule has 2 fully saturated rings. The standard InChI is InChI=1S/C24H40N4O3.HI/c1-2-25-24(26-11-6-17-30-21-22-9-18-29-19-10-22)28-14-12-27(13-15-28)16-20-31-23-7-4-3-5-8-23;/h3-5,7-8,22H,2,6,9-21H2,1H3,(H,25,26);1H. The Morgan fingerprint density at radius 3 is 2.56 bits per heavy atom. The summed E-state index contributed by atoms with van der Waals surface area (Å²) in [5.41, 5.74) is 0. The molecule has 0 amide bonds. The normalized spacial score (nSPS) is 18.3. The lowest BCUT2D eigenvalue weighted by Gasteiger charge is -2.36. The van der Waals surface area contributed by atoms with Crippen molar-refractivity contribution in [1.82, 2.24) is 15.1 Å². The summed E-state index contributed by atoms with van der Waals surface area (Å²) < 4.78 is 17.1. The lowest BCUT2D eigenvalue weighted by atomic mass is 10.0. The van der Waals surface area contributed by atoms with Gasteiger partial charge in [-0.3, -0.25) is 9.89 Å². The van der Waals surface area contributed by atoms with Crippen LogP contribution in [0.25, 0.3) is 0 Å². The third-order valence-electron chi connectivity index (χ3n) is 5.83. The maximum atomic E-state index is 5.87. The molecule has 2 aliphatic heterocycles. The van der Waals surface area contributed by atoms with Crippen molar-refractivity contribution >= 4 is 29.9 Å². The van der Waals surface area contributed by atoms with Crippen LogP contribution in [0, 0.1) is 5.92 Å². The summed E-state index contributed by atoms with van der Waals surface area (Å²) in [6, 6.07) is 10.0. The van der Waals surface area contributed by atoms with E-state index in [9.17, 15) is 0 Å². The molecule has 1 aromatic rings. The van der Waals surface area contributed by atoms with E-state index in [0.717, 1.165) is 110 Å². The van der Waals surface area contributed by atoms with Crippen LogP contribution in [0.3, 0.4) is 0 Å². The van der Waals surface area contributed by atoms with Crippen molar-refractivity contribution in [1.29, 1.82) is 0 Å². The summed E-state index contributed by atoms with van der Waals surface area (Å²) in [6.45, 7) is 13.0. The average molecular weight is 561 g/mol. The molecule has 32 heavy (non-hydrogen) atoms. The van der Waals surface area contributed by atoms with E-state index in [4.69, 9.17) is 19.2 Å². The van der Waals surface area contributed by atoms with Gasteiger partial charge in [0.05, 0.1) is 0 Å². The van der Waals surface area contributed by atoms with E-state index in [1.54, 1.807) is 0 Å². The van der Waals surface area contributed by atoms with Gasteiger partial charge in [-0.25, -0.2) is 0 Å². The van der Waals surface area contributed by atoms with Crippen molar-refractivity contribution in [2.75, 3.05) is 78.8 Å². The lowest BCUT2D eigenvalue weighted by molar-refractivity contribution is 0.0205. The van der Waals surface area contributed by atoms with Crippen LogP contribution in [0.2, 0.25) is 0 Å². The van der Waals surface area contributed by atoms with Crippen LogP contribution in [0.15, 0.2) is 35.3 Å². The fraction of sp³-hybridized carbons (Fsp3) is 0.708. The molecule has 0 saturated carbocycles. The minimum atomic E-state index is 0. The van der Waals surface area contributed by atoms with Crippen molar-refractivity contribution in [3.63, 3.8) is 0 Å². The van der Waals surface area contributed by atoms with Gasteiger partial charge in [-0.2, -0.15) is 0 Å². The second kappa shape index (κ2) is 16.5. The Labute approximate surface area is 210 Å². The maximum Gasteiger partial charge on any atom is 0.194 e. The second-order valence-corrected chi connectivity index (χ2v) is 8.21. The minimum Gasteiger partial charge on any atom is -0.492 e. The quantitative estimate of drug-likeness (QED) is 0.194. The molecule has 0 radical (unpaired) electrons. The number of piperazine rings is 1. The van der Waals surface area contributed by atoms with Crippen molar-refractivity contribution in [3.05, 3.63) is 30.3 Å². The van der Waals surface area contributed by atoms with Crippen LogP contribution >= 0.6 is 24.0 Å². The number of hydrogen-bond donors (Lipinski definition) is 1. The highest BCUT2D eigenvalue weighted by molar-refractivity contribution is 14.0. The zero-order valence-electron chi connectivity index (χ0n) is 19.5. The van der Waals surface area contributed by atoms with Crippen LogP contribution in [0.4, 0.5) is 0 Å². The summed E-state index contributed by atoms with van der Waals surface area (Å²) >= 11 is 0. The Balaban J connectivity index is 0.00000363. The molecule has 0 atom stereocenters. The molecule has 1 aromatic carbocycles. The number of nitrogens with one attached hydrogen (secondary N) is 1. The number of rotatable bonds is 11. The Morgan fingerprint density at radius 2 is 1.84 bits per heavy atom. The van der Waals surface area contributed by atoms with Gasteiger partial charge in [0.25, 0.3) is 0 Å². The summed E-state index contributed by atoms with van der Waals surface area (Å²) in [7, 11) is 0. The Kier molecular flexibility index (Phi) is 14.0. The van der Waals surface area contributed by atoms with Gasteiger partial charge in [0.2, 0.25) is 0 Å². The molecule has 2 heterocycles. The van der Waals surface area contributed by atoms with Crippen LogP contribution in [0.5, 0.6) is 5.75 Å². The monoisotopic (exact) mass is 560 g/mol. The largest absolute Gasteiger partial charge is 0.492 e. The molecule has 0 unspecified atom stereocenters. The van der Waals surface area contributed by atoms with Crippen molar-refractivity contribution in [2.45, 2.75) is 26.2 Å². The number of benzene rings is 1. The van der Waals surface area contributed by atoms with Crippen molar-refractivity contribution in [2.24, 2.45) is 10.9 Å². The predicted octanol–water partition coefficient (Wildman–Crippen LogP) is 3.10. The Bertz CT molecular complexity index is 621. The molecule has 7 nitrogen and oxygen atoms in total. The minimum absolute atomic E-state index is 0. The molecule has 182 valence electrons. The van der Waals surface area contributed by atoms with E-state index < -0.39 is 0 Å². The summed E-state index contributed by atoms with van der Waals surface area (Å²) in [4.78, 5) is 9.68. The number of guanidine groups is 1. The SMILES string of the molecule is CCNC(=NCCCOCC1CCOCC1)N1CCN(CCOc2ccccc2)CC1.I. The maximum absolute atomic E-state index is 5.87. The number of halogens is 1. The zero-order chi connectivity index (χ0) is 21.6. The molecular weight excluding hydrogens is 519 g/mol. The first-order valence-corrected chi connectivity index (χ1v) is 11.9. The van der Waals surface area contributed by atoms with Crippen LogP contribution < -0.4 is 10.1 Å². The van der Waals surface area contributed by atoms with Gasteiger partial charge >= 0.3 is 0 Å². The fourth-order valence-electron chi connectivity index (χ4n) is 3.93. The van der Waals surface area contributed by atoms with Crippen LogP contribution in [-0.4, -0.2) is 94.6 Å².